The van der Waals surface area contributed by atoms with Crippen LogP contribution in [0.3, 0.4) is 0 Å². The molecule has 0 saturated heterocycles. The molecule has 2 N–H and O–H groups in total. The van der Waals surface area contributed by atoms with Gasteiger partial charge in [-0.25, -0.2) is 12.8 Å². The molecule has 21 heavy (non-hydrogen) atoms. The Bertz CT molecular complexity index is 603. The Balaban J connectivity index is 2.87. The molecule has 0 heterocycles. The molecule has 2 atom stereocenters. The molecule has 0 aliphatic rings. The lowest BCUT2D eigenvalue weighted by Gasteiger charge is -2.21. The summed E-state index contributed by atoms with van der Waals surface area (Å²) < 4.78 is 35.5. The van der Waals surface area contributed by atoms with Crippen LogP contribution in [0.1, 0.15) is 11.7 Å². The van der Waals surface area contributed by atoms with Gasteiger partial charge in [-0.2, -0.15) is 4.91 Å². The van der Waals surface area contributed by atoms with Gasteiger partial charge < -0.3 is 10.4 Å². The molecule has 0 bridgehead atoms. The van der Waals surface area contributed by atoms with Crippen molar-refractivity contribution in [2.75, 3.05) is 19.5 Å². The summed E-state index contributed by atoms with van der Waals surface area (Å²) in [6.07, 6.45) is -0.339. The van der Waals surface area contributed by atoms with E-state index in [0.29, 0.717) is 0 Å². The van der Waals surface area contributed by atoms with Crippen LogP contribution in [0, 0.1) is 4.91 Å². The predicted molar refractivity (Wildman–Crippen MR) is 73.1 cm³/mol. The van der Waals surface area contributed by atoms with Gasteiger partial charge in [0.2, 0.25) is 5.91 Å². The molecule has 116 valence electrons. The van der Waals surface area contributed by atoms with Gasteiger partial charge in [-0.1, -0.05) is 17.3 Å². The third kappa shape index (κ3) is 4.87. The minimum atomic E-state index is -3.37. The zero-order chi connectivity index (χ0) is 16.0. The number of rotatable bonds is 7. The van der Waals surface area contributed by atoms with Gasteiger partial charge in [0.25, 0.3) is 0 Å². The van der Waals surface area contributed by atoms with E-state index < -0.39 is 41.1 Å². The van der Waals surface area contributed by atoms with Crippen LogP contribution >= 0.6 is 0 Å². The van der Waals surface area contributed by atoms with E-state index in [0.717, 1.165) is 6.26 Å². The summed E-state index contributed by atoms with van der Waals surface area (Å²) in [5.74, 6) is -0.806. The molecule has 0 saturated carbocycles. The average Bonchev–Trinajstić information content (AvgIpc) is 2.43. The summed E-state index contributed by atoms with van der Waals surface area (Å²) in [6, 6.07) is 3.96. The van der Waals surface area contributed by atoms with Crippen LogP contribution in [0.25, 0.3) is 0 Å². The lowest BCUT2D eigenvalue weighted by Crippen LogP contribution is -2.42. The van der Waals surface area contributed by atoms with Crippen LogP contribution in [-0.4, -0.2) is 44.9 Å². The Morgan fingerprint density at radius 2 is 1.95 bits per heavy atom. The molecule has 0 spiro atoms. The molecule has 1 amide bonds. The van der Waals surface area contributed by atoms with Gasteiger partial charge in [0.15, 0.2) is 16.4 Å². The number of alkyl halides is 1. The van der Waals surface area contributed by atoms with Crippen LogP contribution in [0.15, 0.2) is 34.3 Å². The molecule has 2 unspecified atom stereocenters. The maximum Gasteiger partial charge on any atom is 0.245 e. The van der Waals surface area contributed by atoms with Crippen molar-refractivity contribution in [3.05, 3.63) is 34.7 Å². The highest BCUT2D eigenvalue weighted by Crippen LogP contribution is 2.19. The zero-order valence-corrected chi connectivity index (χ0v) is 12.0. The Morgan fingerprint density at radius 3 is 2.38 bits per heavy atom. The van der Waals surface area contributed by atoms with Crippen molar-refractivity contribution in [3.8, 4) is 0 Å². The monoisotopic (exact) mass is 318 g/mol. The minimum Gasteiger partial charge on any atom is -0.386 e. The maximum atomic E-state index is 12.9. The molecule has 9 heteroatoms. The molecular weight excluding hydrogens is 303 g/mol. The highest BCUT2D eigenvalue weighted by atomic mass is 32.2. The molecular formula is C12H15FN2O5S. The van der Waals surface area contributed by atoms with Crippen molar-refractivity contribution in [2.45, 2.75) is 17.0 Å². The first-order chi connectivity index (χ1) is 9.79. The Morgan fingerprint density at radius 1 is 1.38 bits per heavy atom. The van der Waals surface area contributed by atoms with Gasteiger partial charge in [0.1, 0.15) is 12.8 Å². The fourth-order valence-electron chi connectivity index (χ4n) is 1.66. The van der Waals surface area contributed by atoms with Crippen molar-refractivity contribution in [3.63, 3.8) is 0 Å². The molecule has 0 aliphatic heterocycles. The summed E-state index contributed by atoms with van der Waals surface area (Å²) in [5.41, 5.74) is 0.240. The highest BCUT2D eigenvalue weighted by Gasteiger charge is 2.23. The number of benzene rings is 1. The van der Waals surface area contributed by atoms with E-state index in [4.69, 9.17) is 0 Å². The van der Waals surface area contributed by atoms with Gasteiger partial charge >= 0.3 is 0 Å². The van der Waals surface area contributed by atoms with E-state index in [1.54, 1.807) is 0 Å². The van der Waals surface area contributed by atoms with Gasteiger partial charge in [-0.3, -0.25) is 4.79 Å². The number of aliphatic hydroxyl groups is 1. The van der Waals surface area contributed by atoms with Crippen molar-refractivity contribution in [1.82, 2.24) is 5.32 Å². The Labute approximate surface area is 121 Å². The lowest BCUT2D eigenvalue weighted by atomic mass is 10.0. The third-order valence-corrected chi connectivity index (χ3v) is 3.88. The fourth-order valence-corrected chi connectivity index (χ4v) is 2.29. The minimum absolute atomic E-state index is 0.0597. The number of nitroso groups, excluding NO2 is 1. The summed E-state index contributed by atoms with van der Waals surface area (Å²) in [4.78, 5) is 21.2. The zero-order valence-electron chi connectivity index (χ0n) is 11.2. The number of carbonyl (C=O) groups is 1. The van der Waals surface area contributed by atoms with Gasteiger partial charge in [-0.05, 0) is 17.7 Å². The first kappa shape index (κ1) is 17.2. The Kier molecular flexibility index (Phi) is 5.91. The van der Waals surface area contributed by atoms with E-state index in [9.17, 15) is 27.6 Å². The fraction of sp³-hybridized carbons (Fsp3) is 0.417. The van der Waals surface area contributed by atoms with E-state index in [1.165, 1.54) is 24.3 Å². The van der Waals surface area contributed by atoms with Gasteiger partial charge in [0, 0.05) is 6.26 Å². The van der Waals surface area contributed by atoms with Gasteiger partial charge in [-0.15, -0.1) is 0 Å². The number of hydrogen-bond donors (Lipinski definition) is 2. The number of nitrogens with one attached hydrogen (secondary N) is 1. The van der Waals surface area contributed by atoms with Crippen LogP contribution in [0.2, 0.25) is 0 Å². The van der Waals surface area contributed by atoms with Crippen molar-refractivity contribution >= 4 is 15.7 Å². The van der Waals surface area contributed by atoms with E-state index in [1.807, 2.05) is 0 Å². The average molecular weight is 318 g/mol. The molecule has 0 aromatic heterocycles. The largest absolute Gasteiger partial charge is 0.386 e. The topological polar surface area (TPSA) is 113 Å². The van der Waals surface area contributed by atoms with Crippen LogP contribution < -0.4 is 5.32 Å². The molecule has 0 fully saturated rings. The quantitative estimate of drug-likeness (QED) is 0.704. The number of aliphatic hydroxyl groups excluding tert-OH is 1. The lowest BCUT2D eigenvalue weighted by molar-refractivity contribution is -0.121. The molecule has 1 aromatic rings. The SMILES string of the molecule is CS(=O)(=O)c1ccc(C(O)C(CF)NC(=O)CN=O)cc1. The molecule has 1 rings (SSSR count). The molecule has 7 nitrogen and oxygen atoms in total. The van der Waals surface area contributed by atoms with Crippen LogP contribution in [-0.2, 0) is 14.6 Å². The Hall–Kier alpha value is -1.87. The van der Waals surface area contributed by atoms with E-state index in [2.05, 4.69) is 10.5 Å². The van der Waals surface area contributed by atoms with Crippen molar-refractivity contribution in [1.29, 1.82) is 0 Å². The van der Waals surface area contributed by atoms with Crippen LogP contribution in [0.5, 0.6) is 0 Å². The third-order valence-electron chi connectivity index (χ3n) is 2.75. The summed E-state index contributed by atoms with van der Waals surface area (Å²) in [7, 11) is -3.37. The standard InChI is InChI=1S/C12H15FN2O5S/c1-21(19,20)9-4-2-8(3-5-9)12(17)10(6-13)15-11(16)7-14-18/h2-5,10,12,17H,6-7H2,1H3,(H,15,16). The van der Waals surface area contributed by atoms with E-state index >= 15 is 0 Å². The first-order valence-electron chi connectivity index (χ1n) is 5.92. The van der Waals surface area contributed by atoms with Crippen molar-refractivity contribution < 1.29 is 22.7 Å². The number of sulfone groups is 1. The summed E-state index contributed by atoms with van der Waals surface area (Å²) in [5, 5.41) is 14.5. The summed E-state index contributed by atoms with van der Waals surface area (Å²) in [6.45, 7) is -1.73. The number of amides is 1. The van der Waals surface area contributed by atoms with Crippen molar-refractivity contribution in [2.24, 2.45) is 5.18 Å². The second kappa shape index (κ2) is 7.23. The first-order valence-corrected chi connectivity index (χ1v) is 7.81. The summed E-state index contributed by atoms with van der Waals surface area (Å²) >= 11 is 0. The molecule has 0 aliphatic carbocycles. The second-order valence-corrected chi connectivity index (χ2v) is 6.42. The normalized spacial score (nSPS) is 14.2. The predicted octanol–water partition coefficient (Wildman–Crippen LogP) is 0.344. The smallest absolute Gasteiger partial charge is 0.245 e. The van der Waals surface area contributed by atoms with Gasteiger partial charge in [0.05, 0.1) is 10.9 Å². The van der Waals surface area contributed by atoms with Crippen LogP contribution in [0.4, 0.5) is 4.39 Å². The number of halogens is 1. The maximum absolute atomic E-state index is 12.9. The second-order valence-electron chi connectivity index (χ2n) is 4.40. The molecule has 0 radical (unpaired) electrons. The number of nitrogens with zero attached hydrogens (tertiary/aromatic N) is 1. The number of hydrogen-bond acceptors (Lipinski definition) is 6. The van der Waals surface area contributed by atoms with E-state index in [-0.39, 0.29) is 10.5 Å². The molecule has 1 aromatic carbocycles. The number of carbonyl (C=O) groups excluding carboxylic acids is 1. The highest BCUT2D eigenvalue weighted by molar-refractivity contribution is 7.90.